The largest absolute Gasteiger partial charge is 0.495 e. The van der Waals surface area contributed by atoms with Crippen LogP contribution < -0.4 is 10.1 Å². The number of carbonyl (C=O) groups excluding carboxylic acids is 1. The average Bonchev–Trinajstić information content (AvgIpc) is 2.47. The number of ether oxygens (including phenoxy) is 1. The number of carboxylic acid groups (broad SMARTS) is 1. The second-order valence-corrected chi connectivity index (χ2v) is 5.67. The molecule has 2 rings (SSSR count). The van der Waals surface area contributed by atoms with Gasteiger partial charge in [-0.2, -0.15) is 0 Å². The van der Waals surface area contributed by atoms with E-state index in [0.717, 1.165) is 6.42 Å². The summed E-state index contributed by atoms with van der Waals surface area (Å²) in [6.45, 7) is 0. The molecule has 0 spiro atoms. The first-order chi connectivity index (χ1) is 10.0. The molecule has 0 bridgehead atoms. The van der Waals surface area contributed by atoms with Crippen LogP contribution in [0.5, 0.6) is 5.75 Å². The molecule has 114 valence electrons. The van der Waals surface area contributed by atoms with Crippen molar-refractivity contribution in [3.8, 4) is 5.75 Å². The summed E-state index contributed by atoms with van der Waals surface area (Å²) < 4.78 is 5.18. The van der Waals surface area contributed by atoms with Gasteiger partial charge in [0.1, 0.15) is 5.75 Å². The van der Waals surface area contributed by atoms with Crippen molar-refractivity contribution in [3.05, 3.63) is 23.2 Å². The van der Waals surface area contributed by atoms with Gasteiger partial charge in [0.2, 0.25) is 5.91 Å². The Balaban J connectivity index is 2.07. The van der Waals surface area contributed by atoms with Crippen LogP contribution in [-0.4, -0.2) is 24.1 Å². The highest BCUT2D eigenvalue weighted by Crippen LogP contribution is 2.32. The van der Waals surface area contributed by atoms with Crippen molar-refractivity contribution in [2.75, 3.05) is 12.4 Å². The number of methoxy groups -OCH3 is 1. The minimum atomic E-state index is -0.826. The van der Waals surface area contributed by atoms with Crippen LogP contribution in [0.2, 0.25) is 5.02 Å². The lowest BCUT2D eigenvalue weighted by Crippen LogP contribution is -2.31. The molecule has 0 aliphatic heterocycles. The Morgan fingerprint density at radius 2 is 2.05 bits per heavy atom. The first-order valence-electron chi connectivity index (χ1n) is 6.88. The number of hydrogen-bond acceptors (Lipinski definition) is 3. The number of aliphatic carboxylic acids is 1. The van der Waals surface area contributed by atoms with Gasteiger partial charge in [-0.1, -0.05) is 18.0 Å². The zero-order valence-electron chi connectivity index (χ0n) is 11.8. The van der Waals surface area contributed by atoms with Gasteiger partial charge in [0.05, 0.1) is 18.7 Å². The second kappa shape index (κ2) is 6.80. The van der Waals surface area contributed by atoms with Gasteiger partial charge in [0, 0.05) is 10.9 Å². The van der Waals surface area contributed by atoms with Gasteiger partial charge in [0.25, 0.3) is 0 Å². The quantitative estimate of drug-likeness (QED) is 0.895. The van der Waals surface area contributed by atoms with Crippen molar-refractivity contribution < 1.29 is 19.4 Å². The number of carboxylic acids is 1. The number of halogens is 1. The van der Waals surface area contributed by atoms with E-state index in [2.05, 4.69) is 5.32 Å². The molecule has 6 heteroatoms. The Morgan fingerprint density at radius 1 is 1.33 bits per heavy atom. The maximum atomic E-state index is 12.3. The third-order valence-electron chi connectivity index (χ3n) is 3.81. The van der Waals surface area contributed by atoms with Crippen LogP contribution in [0.4, 0.5) is 5.69 Å². The van der Waals surface area contributed by atoms with Crippen LogP contribution in [0.15, 0.2) is 18.2 Å². The summed E-state index contributed by atoms with van der Waals surface area (Å²) in [7, 11) is 1.51. The molecule has 1 saturated carbocycles. The molecule has 5 nitrogen and oxygen atoms in total. The number of hydrogen-bond donors (Lipinski definition) is 2. The lowest BCUT2D eigenvalue weighted by Gasteiger charge is -2.26. The topological polar surface area (TPSA) is 75.6 Å². The second-order valence-electron chi connectivity index (χ2n) is 5.23. The van der Waals surface area contributed by atoms with E-state index >= 15 is 0 Å². The SMILES string of the molecule is COc1ccc(Cl)cc1NC(=O)C1CCCC(C(=O)O)C1. The molecular weight excluding hydrogens is 294 g/mol. The van der Waals surface area contributed by atoms with Crippen LogP contribution in [0.1, 0.15) is 25.7 Å². The van der Waals surface area contributed by atoms with Crippen LogP contribution in [0.25, 0.3) is 0 Å². The molecular formula is C15H18ClNO4. The molecule has 1 amide bonds. The predicted octanol–water partition coefficient (Wildman–Crippen LogP) is 3.18. The van der Waals surface area contributed by atoms with E-state index in [1.165, 1.54) is 7.11 Å². The number of carbonyl (C=O) groups is 2. The van der Waals surface area contributed by atoms with Crippen molar-refractivity contribution in [2.45, 2.75) is 25.7 Å². The number of anilines is 1. The van der Waals surface area contributed by atoms with E-state index in [4.69, 9.17) is 21.4 Å². The molecule has 0 heterocycles. The van der Waals surface area contributed by atoms with E-state index in [0.29, 0.717) is 35.7 Å². The minimum absolute atomic E-state index is 0.179. The zero-order valence-corrected chi connectivity index (χ0v) is 12.5. The third-order valence-corrected chi connectivity index (χ3v) is 4.05. The van der Waals surface area contributed by atoms with Crippen molar-refractivity contribution >= 4 is 29.2 Å². The Morgan fingerprint density at radius 3 is 2.71 bits per heavy atom. The highest BCUT2D eigenvalue weighted by Gasteiger charge is 2.31. The Labute approximate surface area is 128 Å². The fourth-order valence-corrected chi connectivity index (χ4v) is 2.84. The van der Waals surface area contributed by atoms with Crippen LogP contribution in [0.3, 0.4) is 0 Å². The Kier molecular flexibility index (Phi) is 5.07. The monoisotopic (exact) mass is 311 g/mol. The Hall–Kier alpha value is -1.75. The number of rotatable bonds is 4. The smallest absolute Gasteiger partial charge is 0.306 e. The van der Waals surface area contributed by atoms with Crippen LogP contribution in [-0.2, 0) is 9.59 Å². The highest BCUT2D eigenvalue weighted by molar-refractivity contribution is 6.31. The summed E-state index contributed by atoms with van der Waals surface area (Å²) in [5.74, 6) is -1.20. The van der Waals surface area contributed by atoms with Crippen molar-refractivity contribution in [2.24, 2.45) is 11.8 Å². The maximum Gasteiger partial charge on any atom is 0.306 e. The minimum Gasteiger partial charge on any atom is -0.495 e. The molecule has 2 unspecified atom stereocenters. The third kappa shape index (κ3) is 3.88. The standard InChI is InChI=1S/C15H18ClNO4/c1-21-13-6-5-11(16)8-12(13)17-14(18)9-3-2-4-10(7-9)15(19)20/h5-6,8-10H,2-4,7H2,1H3,(H,17,18)(H,19,20). The van der Waals surface area contributed by atoms with Gasteiger partial charge < -0.3 is 15.2 Å². The summed E-state index contributed by atoms with van der Waals surface area (Å²) in [6, 6.07) is 4.98. The number of benzene rings is 1. The van der Waals surface area contributed by atoms with E-state index < -0.39 is 11.9 Å². The molecule has 0 radical (unpaired) electrons. The first kappa shape index (κ1) is 15.6. The summed E-state index contributed by atoms with van der Waals surface area (Å²) in [5, 5.41) is 12.4. The van der Waals surface area contributed by atoms with Gasteiger partial charge in [0.15, 0.2) is 0 Å². The first-order valence-corrected chi connectivity index (χ1v) is 7.26. The number of nitrogens with one attached hydrogen (secondary N) is 1. The zero-order chi connectivity index (χ0) is 15.4. The van der Waals surface area contributed by atoms with Gasteiger partial charge in [-0.25, -0.2) is 0 Å². The lowest BCUT2D eigenvalue weighted by molar-refractivity contribution is -0.143. The molecule has 1 fully saturated rings. The van der Waals surface area contributed by atoms with E-state index in [1.54, 1.807) is 18.2 Å². The van der Waals surface area contributed by atoms with E-state index in [-0.39, 0.29) is 11.8 Å². The molecule has 1 aromatic rings. The highest BCUT2D eigenvalue weighted by atomic mass is 35.5. The molecule has 1 aromatic carbocycles. The van der Waals surface area contributed by atoms with Crippen molar-refractivity contribution in [3.63, 3.8) is 0 Å². The summed E-state index contributed by atoms with van der Waals surface area (Å²) in [4.78, 5) is 23.4. The van der Waals surface area contributed by atoms with Gasteiger partial charge >= 0.3 is 5.97 Å². The van der Waals surface area contributed by atoms with Crippen LogP contribution in [0, 0.1) is 11.8 Å². The van der Waals surface area contributed by atoms with Crippen LogP contribution >= 0.6 is 11.6 Å². The normalized spacial score (nSPS) is 21.6. The Bertz CT molecular complexity index is 546. The van der Waals surface area contributed by atoms with E-state index in [9.17, 15) is 9.59 Å². The van der Waals surface area contributed by atoms with Gasteiger partial charge in [-0.15, -0.1) is 0 Å². The average molecular weight is 312 g/mol. The fraction of sp³-hybridized carbons (Fsp3) is 0.467. The fourth-order valence-electron chi connectivity index (χ4n) is 2.66. The van der Waals surface area contributed by atoms with Crippen molar-refractivity contribution in [1.29, 1.82) is 0 Å². The molecule has 2 atom stereocenters. The lowest BCUT2D eigenvalue weighted by atomic mass is 9.81. The summed E-state index contributed by atoms with van der Waals surface area (Å²) in [5.41, 5.74) is 0.507. The molecule has 21 heavy (non-hydrogen) atoms. The van der Waals surface area contributed by atoms with E-state index in [1.807, 2.05) is 0 Å². The molecule has 0 aromatic heterocycles. The van der Waals surface area contributed by atoms with Crippen molar-refractivity contribution in [1.82, 2.24) is 0 Å². The number of amides is 1. The van der Waals surface area contributed by atoms with Gasteiger partial charge in [-0.05, 0) is 37.5 Å². The maximum absolute atomic E-state index is 12.3. The molecule has 1 aliphatic rings. The molecule has 2 N–H and O–H groups in total. The summed E-state index contributed by atoms with van der Waals surface area (Å²) >= 11 is 5.92. The molecule has 0 saturated heterocycles. The predicted molar refractivity (Wildman–Crippen MR) is 79.7 cm³/mol. The summed E-state index contributed by atoms with van der Waals surface area (Å²) in [6.07, 6.45) is 2.48. The molecule has 1 aliphatic carbocycles. The van der Waals surface area contributed by atoms with Gasteiger partial charge in [-0.3, -0.25) is 9.59 Å².